The van der Waals surface area contributed by atoms with E-state index in [9.17, 15) is 0 Å². The first-order valence-electron chi connectivity index (χ1n) is 5.58. The minimum Gasteiger partial charge on any atom is -0.329 e. The zero-order valence-electron chi connectivity index (χ0n) is 9.78. The van der Waals surface area contributed by atoms with E-state index in [-0.39, 0.29) is 0 Å². The van der Waals surface area contributed by atoms with Crippen LogP contribution in [0.25, 0.3) is 17.0 Å². The molecule has 0 aliphatic heterocycles. The fraction of sp³-hybridized carbons (Fsp3) is 0.250. The molecule has 0 atom stereocenters. The lowest BCUT2D eigenvalue weighted by Gasteiger charge is -2.05. The number of rotatable bonds is 2. The molecule has 0 aliphatic carbocycles. The molecule has 0 saturated carbocycles. The molecule has 86 valence electrons. The Morgan fingerprint density at radius 1 is 1.12 bits per heavy atom. The van der Waals surface area contributed by atoms with Gasteiger partial charge in [-0.2, -0.15) is 5.10 Å². The molecule has 5 heteroatoms. The van der Waals surface area contributed by atoms with Crippen LogP contribution in [0.3, 0.4) is 0 Å². The Hall–Kier alpha value is -2.17. The maximum atomic E-state index is 4.48. The van der Waals surface area contributed by atoms with E-state index in [0.717, 1.165) is 17.0 Å². The van der Waals surface area contributed by atoms with Crippen LogP contribution in [-0.4, -0.2) is 24.1 Å². The molecule has 5 nitrogen and oxygen atoms in total. The second-order valence-electron chi connectivity index (χ2n) is 4.22. The zero-order valence-corrected chi connectivity index (χ0v) is 9.78. The highest BCUT2D eigenvalue weighted by Crippen LogP contribution is 2.19. The largest absolute Gasteiger partial charge is 0.329 e. The maximum absolute atomic E-state index is 4.48. The van der Waals surface area contributed by atoms with Crippen LogP contribution in [0.4, 0.5) is 0 Å². The fourth-order valence-corrected chi connectivity index (χ4v) is 1.89. The molecule has 3 rings (SSSR count). The Labute approximate surface area is 98.7 Å². The number of nitrogens with zero attached hydrogens (tertiary/aromatic N) is 5. The molecule has 0 radical (unpaired) electrons. The van der Waals surface area contributed by atoms with Crippen molar-refractivity contribution in [2.24, 2.45) is 0 Å². The van der Waals surface area contributed by atoms with Gasteiger partial charge in [0.2, 0.25) is 0 Å². The predicted molar refractivity (Wildman–Crippen MR) is 64.6 cm³/mol. The minimum absolute atomic E-state index is 0.416. The maximum Gasteiger partial charge on any atom is 0.136 e. The van der Waals surface area contributed by atoms with Crippen molar-refractivity contribution in [1.29, 1.82) is 0 Å². The standard InChI is InChI=1S/C12H13N5/c1-9(2)16-5-6-17-12(16)7-10(15-17)11-8-13-3-4-14-11/h3-9H,1-2H3. The Bertz CT molecular complexity index is 635. The van der Waals surface area contributed by atoms with Crippen LogP contribution in [0.1, 0.15) is 19.9 Å². The van der Waals surface area contributed by atoms with E-state index >= 15 is 0 Å². The van der Waals surface area contributed by atoms with Crippen LogP contribution in [0.5, 0.6) is 0 Å². The monoisotopic (exact) mass is 227 g/mol. The lowest BCUT2D eigenvalue weighted by atomic mass is 10.3. The Morgan fingerprint density at radius 2 is 2.00 bits per heavy atom. The Kier molecular flexibility index (Phi) is 2.18. The molecule has 3 aromatic heterocycles. The van der Waals surface area contributed by atoms with Gasteiger partial charge in [0.05, 0.1) is 6.20 Å². The van der Waals surface area contributed by atoms with Crippen molar-refractivity contribution < 1.29 is 0 Å². The number of hydrogen-bond acceptors (Lipinski definition) is 3. The summed E-state index contributed by atoms with van der Waals surface area (Å²) in [5.41, 5.74) is 2.72. The van der Waals surface area contributed by atoms with E-state index in [0.29, 0.717) is 6.04 Å². The second kappa shape index (κ2) is 3.69. The number of fused-ring (bicyclic) bond motifs is 1. The van der Waals surface area contributed by atoms with Gasteiger partial charge in [-0.1, -0.05) is 0 Å². The van der Waals surface area contributed by atoms with Gasteiger partial charge in [-0.25, -0.2) is 4.52 Å². The van der Waals surface area contributed by atoms with Crippen LogP contribution in [0.15, 0.2) is 37.1 Å². The molecular weight excluding hydrogens is 214 g/mol. The summed E-state index contributed by atoms with van der Waals surface area (Å²) in [6.45, 7) is 4.30. The summed E-state index contributed by atoms with van der Waals surface area (Å²) in [7, 11) is 0. The van der Waals surface area contributed by atoms with Gasteiger partial charge >= 0.3 is 0 Å². The molecule has 0 amide bonds. The number of hydrogen-bond donors (Lipinski definition) is 0. The first kappa shape index (κ1) is 10.0. The summed E-state index contributed by atoms with van der Waals surface area (Å²) < 4.78 is 4.04. The van der Waals surface area contributed by atoms with Gasteiger partial charge < -0.3 is 4.57 Å². The van der Waals surface area contributed by atoms with Crippen LogP contribution >= 0.6 is 0 Å². The number of aromatic nitrogens is 5. The normalized spacial score (nSPS) is 11.5. The first-order valence-corrected chi connectivity index (χ1v) is 5.58. The van der Waals surface area contributed by atoms with Gasteiger partial charge in [-0.15, -0.1) is 0 Å². The highest BCUT2D eigenvalue weighted by atomic mass is 15.3. The van der Waals surface area contributed by atoms with E-state index in [2.05, 4.69) is 33.5 Å². The minimum atomic E-state index is 0.416. The van der Waals surface area contributed by atoms with Crippen molar-refractivity contribution >= 4 is 5.65 Å². The topological polar surface area (TPSA) is 48.0 Å². The molecule has 0 fully saturated rings. The van der Waals surface area contributed by atoms with Gasteiger partial charge in [0.1, 0.15) is 17.0 Å². The summed E-state index contributed by atoms with van der Waals surface area (Å²) >= 11 is 0. The van der Waals surface area contributed by atoms with Gasteiger partial charge in [0, 0.05) is 36.9 Å². The average molecular weight is 227 g/mol. The molecule has 17 heavy (non-hydrogen) atoms. The van der Waals surface area contributed by atoms with Crippen molar-refractivity contribution in [2.45, 2.75) is 19.9 Å². The zero-order chi connectivity index (χ0) is 11.8. The van der Waals surface area contributed by atoms with E-state index in [4.69, 9.17) is 0 Å². The lowest BCUT2D eigenvalue weighted by molar-refractivity contribution is 0.619. The van der Waals surface area contributed by atoms with E-state index < -0.39 is 0 Å². The van der Waals surface area contributed by atoms with E-state index in [1.165, 1.54) is 0 Å². The van der Waals surface area contributed by atoms with Gasteiger partial charge in [-0.3, -0.25) is 9.97 Å². The molecule has 3 aromatic rings. The molecule has 0 aromatic carbocycles. The predicted octanol–water partition coefficient (Wildman–Crippen LogP) is 2.17. The summed E-state index contributed by atoms with van der Waals surface area (Å²) in [6.07, 6.45) is 9.05. The van der Waals surface area contributed by atoms with E-state index in [1.54, 1.807) is 18.6 Å². The third-order valence-corrected chi connectivity index (χ3v) is 2.73. The Balaban J connectivity index is 2.15. The lowest BCUT2D eigenvalue weighted by Crippen LogP contribution is -1.97. The SMILES string of the molecule is CC(C)n1ccn2nc(-c3cnccn3)cc12. The summed E-state index contributed by atoms with van der Waals surface area (Å²) in [5, 5.41) is 4.48. The number of imidazole rings is 1. The van der Waals surface area contributed by atoms with Crippen molar-refractivity contribution in [3.63, 3.8) is 0 Å². The summed E-state index contributed by atoms with van der Waals surface area (Å²) in [5.74, 6) is 0. The third-order valence-electron chi connectivity index (χ3n) is 2.73. The van der Waals surface area contributed by atoms with Crippen molar-refractivity contribution in [3.05, 3.63) is 37.1 Å². The van der Waals surface area contributed by atoms with Crippen LogP contribution < -0.4 is 0 Å². The molecule has 3 heterocycles. The first-order chi connectivity index (χ1) is 8.25. The summed E-state index contributed by atoms with van der Waals surface area (Å²) in [4.78, 5) is 8.31. The molecule has 0 bridgehead atoms. The van der Waals surface area contributed by atoms with Crippen LogP contribution in [0, 0.1) is 0 Å². The molecule has 0 aliphatic rings. The molecular formula is C12H13N5. The van der Waals surface area contributed by atoms with Gasteiger partial charge in [0.25, 0.3) is 0 Å². The van der Waals surface area contributed by atoms with Crippen molar-refractivity contribution in [3.8, 4) is 11.4 Å². The smallest absolute Gasteiger partial charge is 0.136 e. The molecule has 0 spiro atoms. The highest BCUT2D eigenvalue weighted by molar-refractivity contribution is 5.60. The Morgan fingerprint density at radius 3 is 2.71 bits per heavy atom. The second-order valence-corrected chi connectivity index (χ2v) is 4.22. The molecule has 0 unspecified atom stereocenters. The molecule has 0 N–H and O–H groups in total. The van der Waals surface area contributed by atoms with Gasteiger partial charge in [-0.05, 0) is 13.8 Å². The fourth-order valence-electron chi connectivity index (χ4n) is 1.89. The van der Waals surface area contributed by atoms with Crippen molar-refractivity contribution in [1.82, 2.24) is 24.1 Å². The average Bonchev–Trinajstić information content (AvgIpc) is 2.88. The third kappa shape index (κ3) is 1.60. The van der Waals surface area contributed by atoms with Crippen LogP contribution in [0.2, 0.25) is 0 Å². The van der Waals surface area contributed by atoms with Gasteiger partial charge in [0.15, 0.2) is 0 Å². The van der Waals surface area contributed by atoms with Crippen molar-refractivity contribution in [2.75, 3.05) is 0 Å². The summed E-state index contributed by atoms with van der Waals surface area (Å²) in [6, 6.07) is 2.45. The van der Waals surface area contributed by atoms with E-state index in [1.807, 2.05) is 23.0 Å². The van der Waals surface area contributed by atoms with Crippen LogP contribution in [-0.2, 0) is 0 Å². The quantitative estimate of drug-likeness (QED) is 0.674. The highest BCUT2D eigenvalue weighted by Gasteiger charge is 2.10. The molecule has 0 saturated heterocycles.